The van der Waals surface area contributed by atoms with E-state index >= 15 is 0 Å². The molecule has 48 valence electrons. The number of rotatable bonds is 2. The maximum atomic E-state index is 5.54. The van der Waals surface area contributed by atoms with Gasteiger partial charge in [0.25, 0.3) is 0 Å². The van der Waals surface area contributed by atoms with Gasteiger partial charge in [-0.3, -0.25) is 0 Å². The summed E-state index contributed by atoms with van der Waals surface area (Å²) >= 11 is 11.1. The van der Waals surface area contributed by atoms with Gasteiger partial charge >= 0.3 is 0 Å². The molecule has 0 atom stereocenters. The second kappa shape index (κ2) is 4.42. The lowest BCUT2D eigenvalue weighted by Crippen LogP contribution is -2.02. The molecule has 0 saturated carbocycles. The van der Waals surface area contributed by atoms with Crippen LogP contribution in [0, 0.1) is 0 Å². The van der Waals surface area contributed by atoms with Crippen molar-refractivity contribution < 1.29 is 0 Å². The van der Waals surface area contributed by atoms with E-state index in [1.54, 1.807) is 0 Å². The molecule has 0 aromatic rings. The third-order valence-corrected chi connectivity index (χ3v) is 3.26. The largest absolute Gasteiger partial charge is 0.110 e. The topological polar surface area (TPSA) is 0 Å². The number of hydrogen-bond donors (Lipinski definition) is 0. The van der Waals surface area contributed by atoms with Gasteiger partial charge in [0.1, 0.15) is 0 Å². The van der Waals surface area contributed by atoms with E-state index in [4.69, 9.17) is 23.2 Å². The quantitative estimate of drug-likeness (QED) is 0.437. The number of hydrogen-bond acceptors (Lipinski definition) is 0. The fourth-order valence-electron chi connectivity index (χ4n) is 0.361. The predicted molar refractivity (Wildman–Crippen MR) is 43.5 cm³/mol. The number of allylic oxidation sites excluding steroid dienone is 2. The summed E-state index contributed by atoms with van der Waals surface area (Å²) in [5, 5.41) is 1.38. The van der Waals surface area contributed by atoms with Gasteiger partial charge in [-0.2, -0.15) is 0 Å². The summed E-state index contributed by atoms with van der Waals surface area (Å²) in [5.74, 6) is 0. The minimum absolute atomic E-state index is 0.105. The van der Waals surface area contributed by atoms with Gasteiger partial charge in [0, 0.05) is 0 Å². The maximum absolute atomic E-state index is 5.54. The van der Waals surface area contributed by atoms with E-state index in [0.717, 1.165) is 0 Å². The van der Waals surface area contributed by atoms with Gasteiger partial charge in [-0.15, -0.1) is 23.2 Å². The van der Waals surface area contributed by atoms with Gasteiger partial charge in [-0.25, -0.2) is 0 Å². The zero-order chi connectivity index (χ0) is 6.57. The molecular weight excluding hydrogens is 159 g/mol. The third-order valence-electron chi connectivity index (χ3n) is 0.969. The van der Waals surface area contributed by atoms with Crippen molar-refractivity contribution in [1.82, 2.24) is 0 Å². The summed E-state index contributed by atoms with van der Waals surface area (Å²) < 4.78 is -0.105. The van der Waals surface area contributed by atoms with Crippen LogP contribution in [0.3, 0.4) is 0 Å². The maximum Gasteiger partial charge on any atom is 0.0953 e. The molecule has 0 fully saturated rings. The molecule has 0 unspecified atom stereocenters. The molecule has 0 amide bonds. The Hall–Kier alpha value is 0.537. The van der Waals surface area contributed by atoms with Crippen LogP contribution in [-0.4, -0.2) is 14.0 Å². The van der Waals surface area contributed by atoms with Crippen molar-refractivity contribution in [2.75, 3.05) is 0 Å². The van der Waals surface area contributed by atoms with Crippen LogP contribution in [0.25, 0.3) is 0 Å². The van der Waals surface area contributed by atoms with Crippen molar-refractivity contribution in [3.8, 4) is 0 Å². The summed E-state index contributed by atoms with van der Waals surface area (Å²) in [6.45, 7) is 4.09. The first-order valence-electron chi connectivity index (χ1n) is 2.56. The zero-order valence-corrected chi connectivity index (χ0v) is 8.04. The van der Waals surface area contributed by atoms with Crippen molar-refractivity contribution in [2.45, 2.75) is 18.3 Å². The van der Waals surface area contributed by atoms with E-state index in [-0.39, 0.29) is 14.0 Å². The van der Waals surface area contributed by atoms with Gasteiger partial charge in [0.05, 0.1) is 14.0 Å². The zero-order valence-electron chi connectivity index (χ0n) is 5.12. The van der Waals surface area contributed by atoms with Crippen molar-refractivity contribution in [1.29, 1.82) is 0 Å². The van der Waals surface area contributed by atoms with Gasteiger partial charge in [0.2, 0.25) is 0 Å². The Morgan fingerprint density at radius 1 is 1.62 bits per heavy atom. The van der Waals surface area contributed by atoms with Crippen LogP contribution < -0.4 is 0 Å². The molecule has 0 rings (SSSR count). The Kier molecular flexibility index (Phi) is 4.72. The first kappa shape index (κ1) is 8.54. The molecule has 0 radical (unpaired) electrons. The predicted octanol–water partition coefficient (Wildman–Crippen LogP) is 1.84. The standard InChI is InChI=1S/C5H10Cl2Si/c1-3-4(2)8-5(6)7/h3,5H,8H2,1-2H3/b4-3-. The van der Waals surface area contributed by atoms with Crippen LogP contribution in [0.15, 0.2) is 11.3 Å². The average molecular weight is 169 g/mol. The Labute approximate surface area is 62.7 Å². The highest BCUT2D eigenvalue weighted by Gasteiger charge is 1.98. The molecule has 0 aromatic carbocycles. The normalized spacial score (nSPS) is 14.4. The monoisotopic (exact) mass is 168 g/mol. The molecule has 3 heteroatoms. The molecule has 0 aliphatic heterocycles. The van der Waals surface area contributed by atoms with Crippen LogP contribution in [0.5, 0.6) is 0 Å². The molecule has 0 saturated heterocycles. The van der Waals surface area contributed by atoms with Crippen LogP contribution in [0.1, 0.15) is 13.8 Å². The smallest absolute Gasteiger partial charge is 0.0953 e. The molecule has 0 aromatic heterocycles. The Balaban J connectivity index is 3.39. The summed E-state index contributed by atoms with van der Waals surface area (Å²) in [4.78, 5) is 0. The summed E-state index contributed by atoms with van der Waals surface area (Å²) in [6.07, 6.45) is 2.07. The molecule has 0 N–H and O–H groups in total. The van der Waals surface area contributed by atoms with Crippen molar-refractivity contribution in [3.63, 3.8) is 0 Å². The van der Waals surface area contributed by atoms with Gasteiger partial charge in [0.15, 0.2) is 0 Å². The highest BCUT2D eigenvalue weighted by Crippen LogP contribution is 2.03. The minimum Gasteiger partial charge on any atom is -0.110 e. The van der Waals surface area contributed by atoms with E-state index in [1.807, 2.05) is 6.92 Å². The lowest BCUT2D eigenvalue weighted by molar-refractivity contribution is 1.55. The molecule has 0 bridgehead atoms. The summed E-state index contributed by atoms with van der Waals surface area (Å²) in [6, 6.07) is 0. The van der Waals surface area contributed by atoms with Crippen LogP contribution in [0.4, 0.5) is 0 Å². The first-order valence-corrected chi connectivity index (χ1v) is 4.96. The van der Waals surface area contributed by atoms with Crippen LogP contribution >= 0.6 is 23.2 Å². The highest BCUT2D eigenvalue weighted by atomic mass is 35.5. The third kappa shape index (κ3) is 4.69. The van der Waals surface area contributed by atoms with Crippen LogP contribution in [-0.2, 0) is 0 Å². The molecule has 0 nitrogen and oxygen atoms in total. The lowest BCUT2D eigenvalue weighted by Gasteiger charge is -1.96. The van der Waals surface area contributed by atoms with E-state index in [9.17, 15) is 0 Å². The SMILES string of the molecule is C/C=C(/C)[SiH2]C(Cl)Cl. The molecule has 0 aliphatic carbocycles. The van der Waals surface area contributed by atoms with E-state index in [1.165, 1.54) is 5.20 Å². The van der Waals surface area contributed by atoms with E-state index < -0.39 is 0 Å². The Bertz CT molecular complexity index is 88.4. The highest BCUT2D eigenvalue weighted by molar-refractivity contribution is 6.72. The molecule has 0 aliphatic rings. The first-order chi connectivity index (χ1) is 3.66. The van der Waals surface area contributed by atoms with Crippen molar-refractivity contribution in [2.24, 2.45) is 0 Å². The van der Waals surface area contributed by atoms with Gasteiger partial charge in [-0.1, -0.05) is 11.3 Å². The molecule has 8 heavy (non-hydrogen) atoms. The number of halogens is 2. The van der Waals surface area contributed by atoms with Gasteiger partial charge < -0.3 is 0 Å². The second-order valence-electron chi connectivity index (χ2n) is 1.73. The molecular formula is C5H10Cl2Si. The van der Waals surface area contributed by atoms with E-state index in [0.29, 0.717) is 0 Å². The van der Waals surface area contributed by atoms with Gasteiger partial charge in [-0.05, 0) is 13.8 Å². The average Bonchev–Trinajstić information content (AvgIpc) is 1.65. The van der Waals surface area contributed by atoms with Crippen molar-refractivity contribution >= 4 is 32.7 Å². The number of alkyl halides is 2. The Morgan fingerprint density at radius 3 is 2.25 bits per heavy atom. The minimum atomic E-state index is -0.338. The Morgan fingerprint density at radius 2 is 2.12 bits per heavy atom. The fourth-order valence-corrected chi connectivity index (χ4v) is 2.54. The lowest BCUT2D eigenvalue weighted by atomic mass is 10.6. The van der Waals surface area contributed by atoms with Crippen LogP contribution in [0.2, 0.25) is 0 Å². The van der Waals surface area contributed by atoms with E-state index in [2.05, 4.69) is 13.0 Å². The summed E-state index contributed by atoms with van der Waals surface area (Å²) in [7, 11) is -0.338. The molecule has 0 heterocycles. The molecule has 0 spiro atoms. The summed E-state index contributed by atoms with van der Waals surface area (Å²) in [5.41, 5.74) is 0. The van der Waals surface area contributed by atoms with Crippen molar-refractivity contribution in [3.05, 3.63) is 11.3 Å². The second-order valence-corrected chi connectivity index (χ2v) is 6.38. The fraction of sp³-hybridized carbons (Fsp3) is 0.600.